The summed E-state index contributed by atoms with van der Waals surface area (Å²) in [5.41, 5.74) is -1.30. The molecule has 2 rings (SSSR count). The Morgan fingerprint density at radius 2 is 1.96 bits per heavy atom. The molecule has 0 radical (unpaired) electrons. The predicted octanol–water partition coefficient (Wildman–Crippen LogP) is -0.0308. The molecule has 0 saturated heterocycles. The summed E-state index contributed by atoms with van der Waals surface area (Å²) >= 11 is 0. The highest BCUT2D eigenvalue weighted by Crippen LogP contribution is 2.24. The number of phenols is 1. The van der Waals surface area contributed by atoms with Crippen LogP contribution in [0.15, 0.2) is 40.1 Å². The zero-order valence-electron chi connectivity index (χ0n) is 11.8. The monoisotopic (exact) mass is 319 g/mol. The summed E-state index contributed by atoms with van der Waals surface area (Å²) in [5.74, 6) is -1.99. The van der Waals surface area contributed by atoms with Crippen molar-refractivity contribution in [1.29, 1.82) is 0 Å². The lowest BCUT2D eigenvalue weighted by molar-refractivity contribution is -0.116. The SMILES string of the molecule is O=C(CCn1ccc(=O)[nH]c1=O)Nc1cc(C(=O)O)ccc1O. The second-order valence-corrected chi connectivity index (χ2v) is 4.64. The molecule has 1 aromatic carbocycles. The first-order valence-corrected chi connectivity index (χ1v) is 6.53. The molecule has 9 heteroatoms. The molecule has 0 aliphatic heterocycles. The first-order chi connectivity index (χ1) is 10.9. The Morgan fingerprint density at radius 1 is 1.22 bits per heavy atom. The molecule has 120 valence electrons. The number of aromatic hydroxyl groups is 1. The van der Waals surface area contributed by atoms with E-state index in [0.29, 0.717) is 0 Å². The van der Waals surface area contributed by atoms with E-state index in [1.807, 2.05) is 0 Å². The second kappa shape index (κ2) is 6.60. The Morgan fingerprint density at radius 3 is 2.61 bits per heavy atom. The molecule has 23 heavy (non-hydrogen) atoms. The van der Waals surface area contributed by atoms with Gasteiger partial charge in [-0.1, -0.05) is 0 Å². The number of nitrogens with one attached hydrogen (secondary N) is 2. The van der Waals surface area contributed by atoms with Crippen LogP contribution in [0.4, 0.5) is 5.69 Å². The van der Waals surface area contributed by atoms with Crippen LogP contribution in [0, 0.1) is 0 Å². The van der Waals surface area contributed by atoms with Crippen molar-refractivity contribution in [3.63, 3.8) is 0 Å². The number of aromatic amines is 1. The van der Waals surface area contributed by atoms with Crippen LogP contribution in [0.5, 0.6) is 5.75 Å². The molecule has 0 bridgehead atoms. The van der Waals surface area contributed by atoms with Crippen molar-refractivity contribution < 1.29 is 19.8 Å². The largest absolute Gasteiger partial charge is 0.506 e. The minimum absolute atomic E-state index is 0.0147. The van der Waals surface area contributed by atoms with Gasteiger partial charge in [0.15, 0.2) is 0 Å². The summed E-state index contributed by atoms with van der Waals surface area (Å²) in [6.45, 7) is 0.0147. The number of carboxylic acids is 1. The fourth-order valence-electron chi connectivity index (χ4n) is 1.82. The standard InChI is InChI=1S/C14H13N3O6/c18-10-2-1-8(13(21)22)7-9(10)15-11(19)3-5-17-6-4-12(20)16-14(17)23/h1-2,4,6-7,18H,3,5H2,(H,15,19)(H,21,22)(H,16,20,23). The van der Waals surface area contributed by atoms with Gasteiger partial charge >= 0.3 is 11.7 Å². The maximum atomic E-state index is 11.8. The highest BCUT2D eigenvalue weighted by atomic mass is 16.4. The van der Waals surface area contributed by atoms with E-state index in [0.717, 1.165) is 22.8 Å². The fourth-order valence-corrected chi connectivity index (χ4v) is 1.82. The summed E-state index contributed by atoms with van der Waals surface area (Å²) < 4.78 is 1.15. The number of nitrogens with zero attached hydrogens (tertiary/aromatic N) is 1. The van der Waals surface area contributed by atoms with Crippen LogP contribution >= 0.6 is 0 Å². The van der Waals surface area contributed by atoms with Gasteiger partial charge in [0.2, 0.25) is 5.91 Å². The van der Waals surface area contributed by atoms with Gasteiger partial charge in [-0.05, 0) is 18.2 Å². The molecule has 1 heterocycles. The smallest absolute Gasteiger partial charge is 0.335 e. The molecule has 0 aliphatic carbocycles. The third-order valence-electron chi connectivity index (χ3n) is 2.99. The van der Waals surface area contributed by atoms with Gasteiger partial charge in [-0.25, -0.2) is 9.59 Å². The molecule has 0 spiro atoms. The van der Waals surface area contributed by atoms with Gasteiger partial charge in [-0.15, -0.1) is 0 Å². The minimum atomic E-state index is -1.19. The first-order valence-electron chi connectivity index (χ1n) is 6.53. The number of aromatic nitrogens is 2. The maximum absolute atomic E-state index is 11.8. The van der Waals surface area contributed by atoms with Gasteiger partial charge in [0.05, 0.1) is 11.3 Å². The normalized spacial score (nSPS) is 10.3. The molecule has 1 amide bonds. The number of benzene rings is 1. The first kappa shape index (κ1) is 16.0. The number of aryl methyl sites for hydroxylation is 1. The summed E-state index contributed by atoms with van der Waals surface area (Å²) in [6, 6.07) is 4.64. The van der Waals surface area contributed by atoms with E-state index < -0.39 is 23.1 Å². The van der Waals surface area contributed by atoms with E-state index in [2.05, 4.69) is 10.3 Å². The van der Waals surface area contributed by atoms with Gasteiger partial charge in [0, 0.05) is 25.2 Å². The summed E-state index contributed by atoms with van der Waals surface area (Å²) in [6.07, 6.45) is 1.15. The van der Waals surface area contributed by atoms with Crippen molar-refractivity contribution in [1.82, 2.24) is 9.55 Å². The number of anilines is 1. The second-order valence-electron chi connectivity index (χ2n) is 4.64. The third kappa shape index (κ3) is 4.06. The number of carboxylic acid groups (broad SMARTS) is 1. The van der Waals surface area contributed by atoms with Crippen molar-refractivity contribution in [3.05, 3.63) is 56.9 Å². The van der Waals surface area contributed by atoms with E-state index in [1.54, 1.807) is 0 Å². The Hall–Kier alpha value is -3.36. The molecular weight excluding hydrogens is 306 g/mol. The van der Waals surface area contributed by atoms with E-state index in [-0.39, 0.29) is 30.0 Å². The van der Waals surface area contributed by atoms with E-state index in [4.69, 9.17) is 5.11 Å². The van der Waals surface area contributed by atoms with Crippen LogP contribution in [-0.4, -0.2) is 31.6 Å². The number of rotatable bonds is 5. The molecule has 2 aromatic rings. The lowest BCUT2D eigenvalue weighted by Gasteiger charge is -2.09. The fraction of sp³-hybridized carbons (Fsp3) is 0.143. The zero-order chi connectivity index (χ0) is 17.0. The van der Waals surface area contributed by atoms with Gasteiger partial charge in [0.1, 0.15) is 5.75 Å². The quantitative estimate of drug-likeness (QED) is 0.570. The van der Waals surface area contributed by atoms with Crippen LogP contribution in [0.2, 0.25) is 0 Å². The summed E-state index contributed by atoms with van der Waals surface area (Å²) in [5, 5.41) is 20.9. The number of aromatic carboxylic acids is 1. The van der Waals surface area contributed by atoms with Crippen LogP contribution in [-0.2, 0) is 11.3 Å². The summed E-state index contributed by atoms with van der Waals surface area (Å²) in [7, 11) is 0. The van der Waals surface area contributed by atoms with Crippen molar-refractivity contribution in [2.24, 2.45) is 0 Å². The molecule has 0 saturated carbocycles. The van der Waals surface area contributed by atoms with Crippen molar-refractivity contribution >= 4 is 17.6 Å². The van der Waals surface area contributed by atoms with Gasteiger partial charge in [-0.3, -0.25) is 14.6 Å². The highest BCUT2D eigenvalue weighted by molar-refractivity contribution is 5.95. The van der Waals surface area contributed by atoms with Gasteiger partial charge in [0.25, 0.3) is 5.56 Å². The van der Waals surface area contributed by atoms with Gasteiger partial charge in [-0.2, -0.15) is 0 Å². The molecule has 0 atom stereocenters. The van der Waals surface area contributed by atoms with Gasteiger partial charge < -0.3 is 20.1 Å². The predicted molar refractivity (Wildman–Crippen MR) is 79.6 cm³/mol. The Kier molecular flexibility index (Phi) is 4.60. The maximum Gasteiger partial charge on any atom is 0.335 e. The topological polar surface area (TPSA) is 141 Å². The molecule has 0 unspecified atom stereocenters. The van der Waals surface area contributed by atoms with E-state index in [9.17, 15) is 24.3 Å². The Balaban J connectivity index is 2.05. The number of phenolic OH excluding ortho intramolecular Hbond substituents is 1. The summed E-state index contributed by atoms with van der Waals surface area (Å²) in [4.78, 5) is 47.1. The molecule has 4 N–H and O–H groups in total. The number of amides is 1. The third-order valence-corrected chi connectivity index (χ3v) is 2.99. The minimum Gasteiger partial charge on any atom is -0.506 e. The lowest BCUT2D eigenvalue weighted by Crippen LogP contribution is -2.29. The van der Waals surface area contributed by atoms with Crippen LogP contribution < -0.4 is 16.6 Å². The van der Waals surface area contributed by atoms with Crippen LogP contribution in [0.3, 0.4) is 0 Å². The van der Waals surface area contributed by atoms with Crippen molar-refractivity contribution in [2.45, 2.75) is 13.0 Å². The van der Waals surface area contributed by atoms with Crippen molar-refractivity contribution in [2.75, 3.05) is 5.32 Å². The molecule has 9 nitrogen and oxygen atoms in total. The van der Waals surface area contributed by atoms with E-state index in [1.165, 1.54) is 12.3 Å². The van der Waals surface area contributed by atoms with E-state index >= 15 is 0 Å². The van der Waals surface area contributed by atoms with Crippen molar-refractivity contribution in [3.8, 4) is 5.75 Å². The average Bonchev–Trinajstić information content (AvgIpc) is 2.48. The van der Waals surface area contributed by atoms with Crippen LogP contribution in [0.1, 0.15) is 16.8 Å². The highest BCUT2D eigenvalue weighted by Gasteiger charge is 2.11. The van der Waals surface area contributed by atoms with Crippen LogP contribution in [0.25, 0.3) is 0 Å². The Bertz CT molecular complexity index is 867. The molecule has 0 aliphatic rings. The molecule has 0 fully saturated rings. The lowest BCUT2D eigenvalue weighted by atomic mass is 10.2. The number of H-pyrrole nitrogens is 1. The zero-order valence-corrected chi connectivity index (χ0v) is 11.8. The molecular formula is C14H13N3O6. The number of hydrogen-bond donors (Lipinski definition) is 4. The Labute approximate surface area is 128 Å². The average molecular weight is 319 g/mol. The number of hydrogen-bond acceptors (Lipinski definition) is 5. The molecule has 1 aromatic heterocycles. The number of carbonyl (C=O) groups is 2. The number of carbonyl (C=O) groups excluding carboxylic acids is 1.